The van der Waals surface area contributed by atoms with E-state index in [1.54, 1.807) is 0 Å². The van der Waals surface area contributed by atoms with Crippen LogP contribution >= 0.6 is 0 Å². The van der Waals surface area contributed by atoms with E-state index in [4.69, 9.17) is 4.42 Å². The topological polar surface area (TPSA) is 16.4 Å². The van der Waals surface area contributed by atoms with E-state index in [-0.39, 0.29) is 5.41 Å². The van der Waals surface area contributed by atoms with E-state index in [9.17, 15) is 0 Å². The highest BCUT2D eigenvalue weighted by Crippen LogP contribution is 2.51. The van der Waals surface area contributed by atoms with Gasteiger partial charge in [-0.1, -0.05) is 141 Å². The summed E-state index contributed by atoms with van der Waals surface area (Å²) < 4.78 is 6.64. The molecule has 0 saturated heterocycles. The van der Waals surface area contributed by atoms with E-state index in [0.29, 0.717) is 0 Å². The summed E-state index contributed by atoms with van der Waals surface area (Å²) in [6.45, 7) is 4.70. The van der Waals surface area contributed by atoms with Crippen molar-refractivity contribution in [2.24, 2.45) is 0 Å². The van der Waals surface area contributed by atoms with E-state index >= 15 is 0 Å². The van der Waals surface area contributed by atoms with E-state index < -0.39 is 0 Å². The largest absolute Gasteiger partial charge is 0.456 e. The zero-order chi connectivity index (χ0) is 34.1. The van der Waals surface area contributed by atoms with Crippen LogP contribution in [0.25, 0.3) is 66.1 Å². The van der Waals surface area contributed by atoms with Crippen LogP contribution in [0.15, 0.2) is 180 Å². The van der Waals surface area contributed by atoms with Crippen molar-refractivity contribution in [3.05, 3.63) is 187 Å². The summed E-state index contributed by atoms with van der Waals surface area (Å²) in [5.74, 6) is 0. The number of furan rings is 1. The molecule has 0 spiro atoms. The van der Waals surface area contributed by atoms with Crippen molar-refractivity contribution >= 4 is 49.8 Å². The van der Waals surface area contributed by atoms with Crippen molar-refractivity contribution in [2.45, 2.75) is 19.3 Å². The van der Waals surface area contributed by atoms with Crippen LogP contribution in [0, 0.1) is 0 Å². The lowest BCUT2D eigenvalue weighted by Crippen LogP contribution is -2.16. The van der Waals surface area contributed by atoms with Gasteiger partial charge < -0.3 is 9.32 Å². The van der Waals surface area contributed by atoms with Gasteiger partial charge in [-0.05, 0) is 98.4 Å². The molecule has 8 aromatic carbocycles. The third kappa shape index (κ3) is 4.64. The lowest BCUT2D eigenvalue weighted by molar-refractivity contribution is 0.660. The summed E-state index contributed by atoms with van der Waals surface area (Å²) >= 11 is 0. The molecule has 0 radical (unpaired) electrons. The summed E-state index contributed by atoms with van der Waals surface area (Å²) in [6, 6.07) is 63.6. The Morgan fingerprint density at radius 1 is 0.431 bits per heavy atom. The fourth-order valence-electron chi connectivity index (χ4n) is 8.31. The Kier molecular flexibility index (Phi) is 6.56. The molecule has 9 aromatic rings. The molecule has 0 bridgehead atoms. The van der Waals surface area contributed by atoms with Crippen molar-refractivity contribution in [2.75, 3.05) is 4.90 Å². The van der Waals surface area contributed by atoms with Gasteiger partial charge in [0.05, 0.1) is 5.69 Å². The molecular weight excluding hydrogens is 619 g/mol. The molecule has 242 valence electrons. The SMILES string of the molecule is CC1(C)c2ccccc2-c2ccc(N(c3ccc(-c4ccccc4)cc3)c3cccc4ccc5oc6cc(-c7ccccc7)ccc6c5c34)cc21. The Balaban J connectivity index is 1.21. The Labute approximate surface area is 297 Å². The lowest BCUT2D eigenvalue weighted by atomic mass is 9.82. The van der Waals surface area contributed by atoms with E-state index in [2.05, 4.69) is 195 Å². The summed E-state index contributed by atoms with van der Waals surface area (Å²) in [5.41, 5.74) is 15.1. The van der Waals surface area contributed by atoms with E-state index in [0.717, 1.165) is 44.6 Å². The van der Waals surface area contributed by atoms with Crippen LogP contribution in [0.3, 0.4) is 0 Å². The zero-order valence-corrected chi connectivity index (χ0v) is 28.6. The predicted octanol–water partition coefficient (Wildman–Crippen LogP) is 13.8. The maximum absolute atomic E-state index is 6.64. The highest BCUT2D eigenvalue weighted by Gasteiger charge is 2.36. The van der Waals surface area contributed by atoms with Gasteiger partial charge in [-0.15, -0.1) is 0 Å². The molecule has 0 saturated carbocycles. The number of fused-ring (bicyclic) bond motifs is 8. The predicted molar refractivity (Wildman–Crippen MR) is 214 cm³/mol. The Bertz CT molecular complexity index is 2760. The van der Waals surface area contributed by atoms with Crippen molar-refractivity contribution in [1.82, 2.24) is 0 Å². The Morgan fingerprint density at radius 3 is 1.86 bits per heavy atom. The molecule has 0 atom stereocenters. The monoisotopic (exact) mass is 653 g/mol. The second-order valence-electron chi connectivity index (χ2n) is 14.1. The molecule has 1 aliphatic carbocycles. The minimum Gasteiger partial charge on any atom is -0.456 e. The third-order valence-electron chi connectivity index (χ3n) is 10.9. The van der Waals surface area contributed by atoms with Crippen LogP contribution in [0.5, 0.6) is 0 Å². The zero-order valence-electron chi connectivity index (χ0n) is 28.6. The smallest absolute Gasteiger partial charge is 0.136 e. The van der Waals surface area contributed by atoms with Crippen LogP contribution in [-0.4, -0.2) is 0 Å². The highest BCUT2D eigenvalue weighted by molar-refractivity contribution is 6.23. The normalized spacial score (nSPS) is 13.1. The molecule has 10 rings (SSSR count). The van der Waals surface area contributed by atoms with Gasteiger partial charge in [-0.2, -0.15) is 0 Å². The minimum atomic E-state index is -0.117. The van der Waals surface area contributed by atoms with Gasteiger partial charge >= 0.3 is 0 Å². The second kappa shape index (κ2) is 11.3. The maximum Gasteiger partial charge on any atom is 0.136 e. The summed E-state index contributed by atoms with van der Waals surface area (Å²) in [7, 11) is 0. The van der Waals surface area contributed by atoms with Gasteiger partial charge in [-0.25, -0.2) is 0 Å². The van der Waals surface area contributed by atoms with Crippen molar-refractivity contribution < 1.29 is 4.42 Å². The third-order valence-corrected chi connectivity index (χ3v) is 10.9. The Morgan fingerprint density at radius 2 is 1.08 bits per heavy atom. The van der Waals surface area contributed by atoms with Crippen molar-refractivity contribution in [3.63, 3.8) is 0 Å². The molecule has 2 heteroatoms. The first kappa shape index (κ1) is 29.5. The average Bonchev–Trinajstić information content (AvgIpc) is 3.67. The van der Waals surface area contributed by atoms with Gasteiger partial charge in [0, 0.05) is 32.9 Å². The highest BCUT2D eigenvalue weighted by atomic mass is 16.3. The molecule has 0 unspecified atom stereocenters. The van der Waals surface area contributed by atoms with Crippen LogP contribution in [-0.2, 0) is 5.41 Å². The maximum atomic E-state index is 6.64. The van der Waals surface area contributed by atoms with Gasteiger partial charge in [-0.3, -0.25) is 0 Å². The first-order chi connectivity index (χ1) is 25.0. The number of hydrogen-bond acceptors (Lipinski definition) is 2. The van der Waals surface area contributed by atoms with Crippen LogP contribution < -0.4 is 4.90 Å². The molecular formula is C49H35NO. The van der Waals surface area contributed by atoms with Gasteiger partial charge in [0.15, 0.2) is 0 Å². The molecule has 0 N–H and O–H groups in total. The average molecular weight is 654 g/mol. The minimum absolute atomic E-state index is 0.117. The van der Waals surface area contributed by atoms with E-state index in [1.807, 2.05) is 0 Å². The fraction of sp³-hybridized carbons (Fsp3) is 0.0612. The number of hydrogen-bond donors (Lipinski definition) is 0. The van der Waals surface area contributed by atoms with Gasteiger partial charge in [0.1, 0.15) is 11.2 Å². The molecule has 2 nitrogen and oxygen atoms in total. The van der Waals surface area contributed by atoms with Crippen LogP contribution in [0.1, 0.15) is 25.0 Å². The number of benzene rings is 8. The summed E-state index contributed by atoms with van der Waals surface area (Å²) in [5, 5.41) is 4.61. The second-order valence-corrected chi connectivity index (χ2v) is 14.1. The van der Waals surface area contributed by atoms with Crippen LogP contribution in [0.2, 0.25) is 0 Å². The fourth-order valence-corrected chi connectivity index (χ4v) is 8.31. The van der Waals surface area contributed by atoms with Crippen molar-refractivity contribution in [1.29, 1.82) is 0 Å². The standard InChI is InChI=1S/C49H35NO/c1-49(2)42-18-10-9-17-39(42)40-28-26-38(31-43(40)49)50(37-24-20-34(21-25-37)32-12-5-3-6-13-32)44-19-11-16-35-23-29-45-48(47(35)44)41-27-22-36(30-46(41)51-45)33-14-7-4-8-15-33/h3-31H,1-2H3. The van der Waals surface area contributed by atoms with E-state index in [1.165, 1.54) is 49.7 Å². The molecule has 1 aliphatic rings. The first-order valence-electron chi connectivity index (χ1n) is 17.7. The molecule has 1 aromatic heterocycles. The van der Waals surface area contributed by atoms with Crippen molar-refractivity contribution in [3.8, 4) is 33.4 Å². The van der Waals surface area contributed by atoms with Gasteiger partial charge in [0.2, 0.25) is 0 Å². The lowest BCUT2D eigenvalue weighted by Gasteiger charge is -2.29. The quantitative estimate of drug-likeness (QED) is 0.184. The first-order valence-corrected chi connectivity index (χ1v) is 17.7. The Hall–Kier alpha value is -6.38. The molecule has 0 amide bonds. The molecule has 0 aliphatic heterocycles. The molecule has 0 fully saturated rings. The van der Waals surface area contributed by atoms with Crippen LogP contribution in [0.4, 0.5) is 17.1 Å². The molecule has 1 heterocycles. The number of anilines is 3. The van der Waals surface area contributed by atoms with Gasteiger partial charge in [0.25, 0.3) is 0 Å². The number of nitrogens with zero attached hydrogens (tertiary/aromatic N) is 1. The molecule has 51 heavy (non-hydrogen) atoms. The number of rotatable bonds is 5. The summed E-state index contributed by atoms with van der Waals surface area (Å²) in [6.07, 6.45) is 0. The summed E-state index contributed by atoms with van der Waals surface area (Å²) in [4.78, 5) is 2.44.